The van der Waals surface area contributed by atoms with E-state index in [1.165, 1.54) is 4.88 Å². The van der Waals surface area contributed by atoms with E-state index < -0.39 is 5.23 Å². The first kappa shape index (κ1) is 17.0. The van der Waals surface area contributed by atoms with Crippen molar-refractivity contribution in [1.29, 1.82) is 0 Å². The fourth-order valence-electron chi connectivity index (χ4n) is 2.89. The van der Waals surface area contributed by atoms with Gasteiger partial charge in [0.05, 0.1) is 17.3 Å². The molecule has 3 heterocycles. The smallest absolute Gasteiger partial charge is 0.286 e. The number of nitrogens with one attached hydrogen (secondary N) is 1. The van der Waals surface area contributed by atoms with Gasteiger partial charge in [-0.15, -0.1) is 11.3 Å². The predicted octanol–water partition coefficient (Wildman–Crippen LogP) is 0.957. The number of nitrogens with zero attached hydrogens (tertiary/aromatic N) is 4. The van der Waals surface area contributed by atoms with Crippen LogP contribution in [-0.4, -0.2) is 39.9 Å². The van der Waals surface area contributed by atoms with Crippen LogP contribution in [-0.2, 0) is 12.8 Å². The highest BCUT2D eigenvalue weighted by Crippen LogP contribution is 2.31. The van der Waals surface area contributed by atoms with Crippen LogP contribution in [0.3, 0.4) is 0 Å². The maximum atomic E-state index is 11.8. The molecule has 0 spiro atoms. The maximum absolute atomic E-state index is 11.8. The van der Waals surface area contributed by atoms with Crippen LogP contribution in [0.2, 0.25) is 0 Å². The molecular weight excluding hydrogens is 330 g/mol. The Balaban J connectivity index is 1.95. The number of thiazole rings is 1. The molecule has 2 aromatic heterocycles. The van der Waals surface area contributed by atoms with E-state index in [2.05, 4.69) is 15.0 Å². The molecule has 1 aliphatic heterocycles. The third-order valence-corrected chi connectivity index (χ3v) is 4.95. The van der Waals surface area contributed by atoms with E-state index in [0.717, 1.165) is 23.5 Å². The van der Waals surface area contributed by atoms with Gasteiger partial charge in [-0.2, -0.15) is 10.2 Å². The summed E-state index contributed by atoms with van der Waals surface area (Å²) in [5.41, 5.74) is 1.16. The zero-order valence-corrected chi connectivity index (χ0v) is 14.8. The van der Waals surface area contributed by atoms with Crippen LogP contribution in [0.1, 0.15) is 28.3 Å². The highest BCUT2D eigenvalue weighted by atomic mass is 32.1. The molecule has 0 saturated heterocycles. The lowest BCUT2D eigenvalue weighted by Gasteiger charge is -2.26. The summed E-state index contributed by atoms with van der Waals surface area (Å²) in [6.07, 6.45) is 1.62. The van der Waals surface area contributed by atoms with Gasteiger partial charge in [0.15, 0.2) is 0 Å². The number of ether oxygens (including phenoxy) is 1. The van der Waals surface area contributed by atoms with Gasteiger partial charge in [0.1, 0.15) is 5.82 Å². The van der Waals surface area contributed by atoms with Crippen molar-refractivity contribution in [2.45, 2.75) is 33.6 Å². The number of hydrogen-bond acceptors (Lipinski definition) is 8. The molecule has 2 aromatic rings. The molecule has 24 heavy (non-hydrogen) atoms. The van der Waals surface area contributed by atoms with Gasteiger partial charge in [0.25, 0.3) is 11.6 Å². The molecule has 0 bridgehead atoms. The third-order valence-electron chi connectivity index (χ3n) is 3.88. The summed E-state index contributed by atoms with van der Waals surface area (Å²) in [7, 11) is 0. The molecule has 0 saturated carbocycles. The van der Waals surface area contributed by atoms with E-state index >= 15 is 0 Å². The van der Waals surface area contributed by atoms with Crippen molar-refractivity contribution >= 4 is 22.8 Å². The number of aromatic nitrogens is 3. The lowest BCUT2D eigenvalue weighted by molar-refractivity contribution is -0.991. The SMILES string of the molecule is CCOc1nc(C)nc(N2CCc3nc(C)sc3CC2)c1[NH+]([O-])O. The zero-order chi connectivity index (χ0) is 17.3. The lowest BCUT2D eigenvalue weighted by atomic mass is 10.2. The molecule has 8 nitrogen and oxygen atoms in total. The Bertz CT molecular complexity index is 709. The number of anilines is 1. The Morgan fingerprint density at radius 1 is 1.25 bits per heavy atom. The van der Waals surface area contributed by atoms with Crippen LogP contribution >= 0.6 is 11.3 Å². The second-order valence-electron chi connectivity index (χ2n) is 5.60. The molecule has 0 aliphatic carbocycles. The van der Waals surface area contributed by atoms with Crippen molar-refractivity contribution in [3.8, 4) is 5.88 Å². The third kappa shape index (κ3) is 3.34. The first-order valence-electron chi connectivity index (χ1n) is 7.94. The summed E-state index contributed by atoms with van der Waals surface area (Å²) in [5.74, 6) is 1.08. The summed E-state index contributed by atoms with van der Waals surface area (Å²) in [6, 6.07) is 0. The van der Waals surface area contributed by atoms with E-state index in [9.17, 15) is 10.4 Å². The maximum Gasteiger partial charge on any atom is 0.286 e. The van der Waals surface area contributed by atoms with Crippen LogP contribution in [0.4, 0.5) is 11.5 Å². The highest BCUT2D eigenvalue weighted by molar-refractivity contribution is 7.11. The first-order valence-corrected chi connectivity index (χ1v) is 8.76. The molecule has 0 fully saturated rings. The van der Waals surface area contributed by atoms with E-state index in [1.807, 2.05) is 11.8 Å². The molecule has 1 unspecified atom stereocenters. The van der Waals surface area contributed by atoms with Crippen LogP contribution < -0.4 is 14.9 Å². The molecule has 1 aliphatic rings. The number of quaternary nitrogens is 1. The zero-order valence-electron chi connectivity index (χ0n) is 14.0. The van der Waals surface area contributed by atoms with E-state index in [-0.39, 0.29) is 11.6 Å². The standard InChI is InChI=1S/C15H21N5O3S/c1-4-23-15-13(20(21)22)14(16-9(2)17-15)19-7-5-11-12(6-8-19)24-10(3)18-11/h20-21H,4-8H2,1-3H3. The van der Waals surface area contributed by atoms with Crippen molar-refractivity contribution in [2.24, 2.45) is 0 Å². The minimum absolute atomic E-state index is 0.0387. The van der Waals surface area contributed by atoms with Crippen LogP contribution in [0.5, 0.6) is 5.88 Å². The molecule has 0 radical (unpaired) electrons. The summed E-state index contributed by atoms with van der Waals surface area (Å²) >= 11 is 1.71. The van der Waals surface area contributed by atoms with Crippen molar-refractivity contribution in [3.63, 3.8) is 0 Å². The van der Waals surface area contributed by atoms with Crippen LogP contribution in [0.15, 0.2) is 0 Å². The van der Waals surface area contributed by atoms with Gasteiger partial charge in [0.2, 0.25) is 5.82 Å². The van der Waals surface area contributed by atoms with Gasteiger partial charge in [-0.25, -0.2) is 15.2 Å². The molecule has 0 amide bonds. The lowest BCUT2D eigenvalue weighted by Crippen LogP contribution is -2.99. The fourth-order valence-corrected chi connectivity index (χ4v) is 3.87. The quantitative estimate of drug-likeness (QED) is 0.792. The van der Waals surface area contributed by atoms with E-state index in [1.54, 1.807) is 25.2 Å². The van der Waals surface area contributed by atoms with Crippen molar-refractivity contribution < 1.29 is 15.2 Å². The van der Waals surface area contributed by atoms with Gasteiger partial charge in [-0.1, -0.05) is 0 Å². The predicted molar refractivity (Wildman–Crippen MR) is 90.2 cm³/mol. The molecule has 1 atom stereocenters. The number of fused-ring (bicyclic) bond motifs is 1. The Morgan fingerprint density at radius 3 is 2.71 bits per heavy atom. The molecule has 9 heteroatoms. The van der Waals surface area contributed by atoms with Gasteiger partial charge in [-0.3, -0.25) is 0 Å². The van der Waals surface area contributed by atoms with E-state index in [4.69, 9.17) is 4.74 Å². The van der Waals surface area contributed by atoms with Gasteiger partial charge >= 0.3 is 0 Å². The molecule has 0 aromatic carbocycles. The number of hydrogen-bond donors (Lipinski definition) is 2. The summed E-state index contributed by atoms with van der Waals surface area (Å²) in [4.78, 5) is 16.4. The largest absolute Gasteiger partial charge is 0.595 e. The highest BCUT2D eigenvalue weighted by Gasteiger charge is 2.27. The van der Waals surface area contributed by atoms with Gasteiger partial charge in [0, 0.05) is 30.8 Å². The minimum atomic E-state index is -1.07. The van der Waals surface area contributed by atoms with Crippen LogP contribution in [0, 0.1) is 19.1 Å². The molecular formula is C15H21N5O3S. The van der Waals surface area contributed by atoms with E-state index in [0.29, 0.717) is 31.3 Å². The van der Waals surface area contributed by atoms with Crippen molar-refractivity contribution in [2.75, 3.05) is 24.6 Å². The normalized spacial score (nSPS) is 15.8. The second-order valence-corrected chi connectivity index (χ2v) is 6.89. The van der Waals surface area contributed by atoms with Gasteiger partial charge < -0.3 is 14.8 Å². The van der Waals surface area contributed by atoms with Gasteiger partial charge in [-0.05, 0) is 20.8 Å². The molecule has 130 valence electrons. The first-order chi connectivity index (χ1) is 11.5. The summed E-state index contributed by atoms with van der Waals surface area (Å²) in [5, 5.41) is 21.4. The van der Waals surface area contributed by atoms with Crippen molar-refractivity contribution in [3.05, 3.63) is 26.6 Å². The Morgan fingerprint density at radius 2 is 2.00 bits per heavy atom. The second kappa shape index (κ2) is 6.98. The Labute approximate surface area is 144 Å². The monoisotopic (exact) mass is 351 g/mol. The average molecular weight is 351 g/mol. The molecule has 2 N–H and O–H groups in total. The fraction of sp³-hybridized carbons (Fsp3) is 0.533. The molecule has 3 rings (SSSR count). The Kier molecular flexibility index (Phi) is 4.95. The summed E-state index contributed by atoms with van der Waals surface area (Å²) in [6.45, 7) is 7.31. The Hall–Kier alpha value is -1.81. The summed E-state index contributed by atoms with van der Waals surface area (Å²) < 4.78 is 5.44. The topological polar surface area (TPSA) is 98.9 Å². The van der Waals surface area contributed by atoms with Crippen molar-refractivity contribution in [1.82, 2.24) is 15.0 Å². The average Bonchev–Trinajstić information content (AvgIpc) is 2.75. The van der Waals surface area contributed by atoms with Crippen LogP contribution in [0.25, 0.3) is 0 Å². The number of aryl methyl sites for hydroxylation is 2. The number of rotatable bonds is 4. The minimum Gasteiger partial charge on any atom is -0.595 e.